The summed E-state index contributed by atoms with van der Waals surface area (Å²) in [5.41, 5.74) is 0.510. The van der Waals surface area contributed by atoms with Gasteiger partial charge in [-0.3, -0.25) is 0 Å². The van der Waals surface area contributed by atoms with Gasteiger partial charge in [0.15, 0.2) is 0 Å². The Hall–Kier alpha value is -0.830. The molecule has 220 valence electrons. The minimum atomic E-state index is -0.230. The van der Waals surface area contributed by atoms with Gasteiger partial charge in [0.2, 0.25) is 0 Å². The van der Waals surface area contributed by atoms with E-state index >= 15 is 0 Å². The van der Waals surface area contributed by atoms with E-state index in [0.717, 1.165) is 11.0 Å². The van der Waals surface area contributed by atoms with Crippen molar-refractivity contribution in [1.82, 2.24) is 0 Å². The molecule has 0 aliphatic carbocycles. The summed E-state index contributed by atoms with van der Waals surface area (Å²) in [5.74, 6) is -0.230. The molecule has 0 bridgehead atoms. The summed E-state index contributed by atoms with van der Waals surface area (Å²) in [6, 6.07) is 0. The molecule has 0 aliphatic heterocycles. The fourth-order valence-corrected chi connectivity index (χ4v) is 5.49. The summed E-state index contributed by atoms with van der Waals surface area (Å²) in [4.78, 5) is 12.0. The molecule has 0 N–H and O–H groups in total. The van der Waals surface area contributed by atoms with Gasteiger partial charge in [-0.05, 0) is 39.0 Å². The van der Waals surface area contributed by atoms with Crippen LogP contribution < -0.4 is 0 Å². The molecule has 0 rings (SSSR count). The summed E-state index contributed by atoms with van der Waals surface area (Å²) >= 11 is 0. The molecule has 0 heterocycles. The Morgan fingerprint density at radius 1 is 0.514 bits per heavy atom. The molecule has 0 spiro atoms. The molecule has 0 aliphatic rings. The molecule has 0 aromatic carbocycles. The van der Waals surface area contributed by atoms with E-state index in [-0.39, 0.29) is 5.97 Å². The molecule has 37 heavy (non-hydrogen) atoms. The van der Waals surface area contributed by atoms with Gasteiger partial charge >= 0.3 is 5.97 Å². The summed E-state index contributed by atoms with van der Waals surface area (Å²) in [5, 5.41) is 0. The van der Waals surface area contributed by atoms with Gasteiger partial charge in [0, 0.05) is 5.57 Å². The molecular weight excluding hydrogens is 454 g/mol. The second-order valence-corrected chi connectivity index (χ2v) is 11.9. The largest absolute Gasteiger partial charge is 0.456 e. The smallest absolute Gasteiger partial charge is 0.333 e. The molecule has 0 aromatic heterocycles. The normalized spacial score (nSPS) is 11.7. The molecule has 0 aromatic rings. The summed E-state index contributed by atoms with van der Waals surface area (Å²) in [7, 11) is 0. The molecule has 3 nitrogen and oxygen atoms in total. The molecule has 0 saturated heterocycles. The van der Waals surface area contributed by atoms with Crippen LogP contribution in [0.15, 0.2) is 12.2 Å². The monoisotopic (exact) mass is 523 g/mol. The predicted octanol–water partition coefficient (Wildman–Crippen LogP) is 10.6. The standard InChI is InChI=1S/C34H68NO2/c1-6-9-12-14-16-18-20-22-24-26-29-35(28-11-8-3,31-32-37-34(36)33(4)5)30-27-25-23-21-19-17-15-13-10-7-2/h4,6-32H2,1-3,5H3/q+1. The van der Waals surface area contributed by atoms with E-state index in [1.807, 2.05) is 0 Å². The number of carbonyl (C=O) groups is 1. The lowest BCUT2D eigenvalue weighted by atomic mass is 10.0. The van der Waals surface area contributed by atoms with Gasteiger partial charge in [-0.15, -0.1) is 0 Å². The lowest BCUT2D eigenvalue weighted by Crippen LogP contribution is -2.52. The molecule has 0 unspecified atom stereocenters. The predicted molar refractivity (Wildman–Crippen MR) is 164 cm³/mol. The van der Waals surface area contributed by atoms with Crippen molar-refractivity contribution in [3.63, 3.8) is 0 Å². The highest BCUT2D eigenvalue weighted by Crippen LogP contribution is 2.18. The van der Waals surface area contributed by atoms with Gasteiger partial charge in [-0.1, -0.05) is 137 Å². The van der Waals surface area contributed by atoms with Gasteiger partial charge in [-0.2, -0.15) is 0 Å². The zero-order valence-electron chi connectivity index (χ0n) is 26.1. The highest BCUT2D eigenvalue weighted by Gasteiger charge is 2.26. The quantitative estimate of drug-likeness (QED) is 0.0422. The summed E-state index contributed by atoms with van der Waals surface area (Å²) in [6.45, 7) is 17.6. The SMILES string of the molecule is C=C(C)C(=O)OCC[N+](CCCC)(CCCCCCCCCCCC)CCCCCCCCCCCC. The van der Waals surface area contributed by atoms with E-state index in [1.54, 1.807) is 6.92 Å². The van der Waals surface area contributed by atoms with Crippen molar-refractivity contribution < 1.29 is 14.0 Å². The van der Waals surface area contributed by atoms with Gasteiger partial charge in [0.25, 0.3) is 0 Å². The van der Waals surface area contributed by atoms with Crippen molar-refractivity contribution in [3.8, 4) is 0 Å². The fourth-order valence-electron chi connectivity index (χ4n) is 5.49. The summed E-state index contributed by atoms with van der Waals surface area (Å²) in [6.07, 6.45) is 30.2. The number of unbranched alkanes of at least 4 members (excludes halogenated alkanes) is 19. The maximum absolute atomic E-state index is 12.0. The first kappa shape index (κ1) is 36.2. The van der Waals surface area contributed by atoms with Gasteiger partial charge in [0.1, 0.15) is 13.2 Å². The first-order valence-electron chi connectivity index (χ1n) is 16.7. The second-order valence-electron chi connectivity index (χ2n) is 11.9. The first-order chi connectivity index (χ1) is 18.0. The lowest BCUT2D eigenvalue weighted by Gasteiger charge is -2.39. The van der Waals surface area contributed by atoms with Crippen molar-refractivity contribution in [2.24, 2.45) is 0 Å². The molecule has 0 fully saturated rings. The van der Waals surface area contributed by atoms with Crippen LogP contribution in [0.4, 0.5) is 0 Å². The Kier molecular flexibility index (Phi) is 26.2. The average molecular weight is 523 g/mol. The van der Waals surface area contributed by atoms with Crippen molar-refractivity contribution in [1.29, 1.82) is 0 Å². The maximum Gasteiger partial charge on any atom is 0.333 e. The number of hydrogen-bond acceptors (Lipinski definition) is 2. The van der Waals surface area contributed by atoms with Crippen molar-refractivity contribution >= 4 is 5.97 Å². The number of ether oxygens (including phenoxy) is 1. The Labute approximate surface area is 233 Å². The number of esters is 1. The Morgan fingerprint density at radius 3 is 1.19 bits per heavy atom. The van der Waals surface area contributed by atoms with Crippen LogP contribution in [0.5, 0.6) is 0 Å². The number of nitrogens with zero attached hydrogens (tertiary/aromatic N) is 1. The van der Waals surface area contributed by atoms with Gasteiger partial charge < -0.3 is 9.22 Å². The van der Waals surface area contributed by atoms with Crippen LogP contribution in [-0.4, -0.2) is 43.2 Å². The van der Waals surface area contributed by atoms with Crippen molar-refractivity contribution in [3.05, 3.63) is 12.2 Å². The van der Waals surface area contributed by atoms with Crippen LogP contribution in [0, 0.1) is 0 Å². The third-order valence-corrected chi connectivity index (χ3v) is 8.11. The number of rotatable bonds is 29. The van der Waals surface area contributed by atoms with Gasteiger partial charge in [-0.25, -0.2) is 4.79 Å². The van der Waals surface area contributed by atoms with Crippen molar-refractivity contribution in [2.45, 2.75) is 169 Å². The third-order valence-electron chi connectivity index (χ3n) is 8.11. The lowest BCUT2D eigenvalue weighted by molar-refractivity contribution is -0.929. The summed E-state index contributed by atoms with van der Waals surface area (Å²) < 4.78 is 6.73. The highest BCUT2D eigenvalue weighted by molar-refractivity contribution is 5.86. The van der Waals surface area contributed by atoms with Crippen LogP contribution in [0.25, 0.3) is 0 Å². The zero-order chi connectivity index (χ0) is 27.5. The molecule has 0 saturated carbocycles. The highest BCUT2D eigenvalue weighted by atomic mass is 16.5. The average Bonchev–Trinajstić information content (AvgIpc) is 2.89. The molecule has 0 amide bonds. The van der Waals surface area contributed by atoms with E-state index < -0.39 is 0 Å². The Bertz CT molecular complexity index is 492. The van der Waals surface area contributed by atoms with Crippen molar-refractivity contribution in [2.75, 3.05) is 32.8 Å². The first-order valence-corrected chi connectivity index (χ1v) is 16.7. The van der Waals surface area contributed by atoms with Crippen LogP contribution in [0.2, 0.25) is 0 Å². The zero-order valence-corrected chi connectivity index (χ0v) is 26.1. The van der Waals surface area contributed by atoms with Crippen LogP contribution in [0.1, 0.15) is 169 Å². The van der Waals surface area contributed by atoms with E-state index in [4.69, 9.17) is 4.74 Å². The Morgan fingerprint density at radius 2 is 0.838 bits per heavy atom. The number of quaternary nitrogens is 1. The molecule has 0 atom stereocenters. The van der Waals surface area contributed by atoms with E-state index in [1.165, 1.54) is 161 Å². The molecule has 3 heteroatoms. The van der Waals surface area contributed by atoms with E-state index in [0.29, 0.717) is 12.2 Å². The fraction of sp³-hybridized carbons (Fsp3) is 0.912. The second kappa shape index (κ2) is 26.8. The minimum absolute atomic E-state index is 0.230. The van der Waals surface area contributed by atoms with Crippen LogP contribution in [0.3, 0.4) is 0 Å². The molecule has 0 radical (unpaired) electrons. The topological polar surface area (TPSA) is 26.3 Å². The minimum Gasteiger partial charge on any atom is -0.456 e. The number of hydrogen-bond donors (Lipinski definition) is 0. The van der Waals surface area contributed by atoms with Crippen LogP contribution in [-0.2, 0) is 9.53 Å². The van der Waals surface area contributed by atoms with E-state index in [2.05, 4.69) is 27.4 Å². The van der Waals surface area contributed by atoms with Gasteiger partial charge in [0.05, 0.1) is 19.6 Å². The van der Waals surface area contributed by atoms with E-state index in [9.17, 15) is 4.79 Å². The third kappa shape index (κ3) is 22.8. The van der Waals surface area contributed by atoms with Crippen LogP contribution >= 0.6 is 0 Å². The Balaban J connectivity index is 4.54. The maximum atomic E-state index is 12.0. The molecular formula is C34H68NO2+. The number of carbonyl (C=O) groups excluding carboxylic acids is 1.